The summed E-state index contributed by atoms with van der Waals surface area (Å²) in [4.78, 5) is 9.02. The predicted octanol–water partition coefficient (Wildman–Crippen LogP) is 1.49. The van der Waals surface area contributed by atoms with Crippen LogP contribution in [0.3, 0.4) is 0 Å². The monoisotopic (exact) mass is 386 g/mol. The number of sulfone groups is 1. The zero-order chi connectivity index (χ0) is 19.5. The number of hydrogen-bond donors (Lipinski definition) is 0. The van der Waals surface area contributed by atoms with Crippen molar-refractivity contribution in [3.63, 3.8) is 0 Å². The molecule has 0 radical (unpaired) electrons. The average molecular weight is 387 g/mol. The number of methoxy groups -OCH3 is 1. The summed E-state index contributed by atoms with van der Waals surface area (Å²) in [7, 11) is 0.319. The molecule has 0 aliphatic carbocycles. The fourth-order valence-electron chi connectivity index (χ4n) is 3.32. The van der Waals surface area contributed by atoms with Gasteiger partial charge in [-0.2, -0.15) is 0 Å². The van der Waals surface area contributed by atoms with Crippen molar-refractivity contribution in [3.05, 3.63) is 11.9 Å². The molecule has 1 aliphatic rings. The zero-order valence-corrected chi connectivity index (χ0v) is 17.8. The summed E-state index contributed by atoms with van der Waals surface area (Å²) in [6, 6.07) is 0.489. The van der Waals surface area contributed by atoms with E-state index in [2.05, 4.69) is 28.8 Å². The van der Waals surface area contributed by atoms with Crippen LogP contribution in [-0.4, -0.2) is 80.0 Å². The number of hydrogen-bond acceptors (Lipinski definition) is 6. The van der Waals surface area contributed by atoms with Gasteiger partial charge in [-0.25, -0.2) is 13.4 Å². The Bertz CT molecular complexity index is 694. The van der Waals surface area contributed by atoms with Crippen LogP contribution >= 0.6 is 0 Å². The SMILES string of the molecule is COCCn1c(CN2CCN(C)[C@H](C)C2)cnc1S(=O)(=O)CC(C)(C)C. The molecule has 1 aromatic rings. The predicted molar refractivity (Wildman–Crippen MR) is 103 cm³/mol. The number of aromatic nitrogens is 2. The normalized spacial score (nSPS) is 20.6. The van der Waals surface area contributed by atoms with Crippen LogP contribution in [0.1, 0.15) is 33.4 Å². The molecule has 0 aromatic carbocycles. The topological polar surface area (TPSA) is 67.7 Å². The van der Waals surface area contributed by atoms with Crippen LogP contribution in [0.25, 0.3) is 0 Å². The second kappa shape index (κ2) is 8.37. The van der Waals surface area contributed by atoms with Crippen LogP contribution in [0.4, 0.5) is 0 Å². The molecule has 0 bridgehead atoms. The number of likely N-dealkylation sites (N-methyl/N-ethyl adjacent to an activating group) is 1. The van der Waals surface area contributed by atoms with Crippen LogP contribution in [0.5, 0.6) is 0 Å². The molecule has 0 amide bonds. The van der Waals surface area contributed by atoms with E-state index in [0.29, 0.717) is 25.7 Å². The second-order valence-electron chi connectivity index (χ2n) is 8.56. The Labute approximate surface area is 158 Å². The summed E-state index contributed by atoms with van der Waals surface area (Å²) in [5, 5.41) is 0.168. The molecular weight excluding hydrogens is 352 g/mol. The third-order valence-corrected chi connectivity index (χ3v) is 6.88. The molecule has 7 nitrogen and oxygen atoms in total. The molecule has 1 atom stereocenters. The van der Waals surface area contributed by atoms with Crippen molar-refractivity contribution in [3.8, 4) is 0 Å². The molecule has 1 fully saturated rings. The lowest BCUT2D eigenvalue weighted by molar-refractivity contribution is 0.0972. The van der Waals surface area contributed by atoms with Gasteiger partial charge in [-0.1, -0.05) is 20.8 Å². The first kappa shape index (κ1) is 21.3. The minimum absolute atomic E-state index is 0.0784. The number of rotatable bonds is 7. The molecular formula is C18H34N4O3S. The number of piperazine rings is 1. The third-order valence-electron chi connectivity index (χ3n) is 4.75. The minimum atomic E-state index is -3.45. The van der Waals surface area contributed by atoms with E-state index >= 15 is 0 Å². The smallest absolute Gasteiger partial charge is 0.227 e. The van der Waals surface area contributed by atoms with E-state index < -0.39 is 9.84 Å². The Kier molecular flexibility index (Phi) is 6.87. The quantitative estimate of drug-likeness (QED) is 0.707. The van der Waals surface area contributed by atoms with E-state index in [4.69, 9.17) is 4.74 Å². The lowest BCUT2D eigenvalue weighted by Gasteiger charge is -2.37. The van der Waals surface area contributed by atoms with E-state index in [9.17, 15) is 8.42 Å². The van der Waals surface area contributed by atoms with Crippen molar-refractivity contribution in [1.82, 2.24) is 19.4 Å². The summed E-state index contributed by atoms with van der Waals surface area (Å²) in [6.45, 7) is 12.6. The van der Waals surface area contributed by atoms with Crippen LogP contribution in [0.2, 0.25) is 0 Å². The lowest BCUT2D eigenvalue weighted by atomic mass is 10.0. The molecule has 2 rings (SSSR count). The van der Waals surface area contributed by atoms with Gasteiger partial charge in [-0.05, 0) is 19.4 Å². The van der Waals surface area contributed by atoms with Crippen molar-refractivity contribution < 1.29 is 13.2 Å². The van der Waals surface area contributed by atoms with Crippen molar-refractivity contribution in [2.24, 2.45) is 5.41 Å². The molecule has 0 N–H and O–H groups in total. The highest BCUT2D eigenvalue weighted by Crippen LogP contribution is 2.23. The van der Waals surface area contributed by atoms with Crippen molar-refractivity contribution >= 4 is 9.84 Å². The largest absolute Gasteiger partial charge is 0.383 e. The maximum atomic E-state index is 12.9. The second-order valence-corrected chi connectivity index (χ2v) is 10.4. The van der Waals surface area contributed by atoms with Crippen molar-refractivity contribution in [2.45, 2.75) is 52.0 Å². The first-order valence-corrected chi connectivity index (χ1v) is 10.9. The van der Waals surface area contributed by atoms with Gasteiger partial charge in [0.1, 0.15) is 0 Å². The van der Waals surface area contributed by atoms with Crippen LogP contribution in [0.15, 0.2) is 11.4 Å². The Morgan fingerprint density at radius 1 is 1.31 bits per heavy atom. The fourth-order valence-corrected chi connectivity index (χ4v) is 5.35. The standard InChI is InChI=1S/C18H34N4O3S/c1-15-12-21(8-7-20(15)5)13-16-11-19-17(22(16)9-10-25-6)26(23,24)14-18(2,3)4/h11,15H,7-10,12-14H2,1-6H3/t15-/m1/s1. The first-order chi connectivity index (χ1) is 12.0. The maximum Gasteiger partial charge on any atom is 0.227 e. The molecule has 1 aromatic heterocycles. The van der Waals surface area contributed by atoms with Crippen LogP contribution in [0, 0.1) is 5.41 Å². The highest BCUT2D eigenvalue weighted by molar-refractivity contribution is 7.91. The van der Waals surface area contributed by atoms with E-state index in [-0.39, 0.29) is 16.3 Å². The summed E-state index contributed by atoms with van der Waals surface area (Å²) in [5.41, 5.74) is 0.621. The van der Waals surface area contributed by atoms with Gasteiger partial charge in [0.15, 0.2) is 0 Å². The molecule has 0 unspecified atom stereocenters. The van der Waals surface area contributed by atoms with Gasteiger partial charge < -0.3 is 14.2 Å². The van der Waals surface area contributed by atoms with Gasteiger partial charge in [0.05, 0.1) is 24.3 Å². The first-order valence-electron chi connectivity index (χ1n) is 9.22. The number of ether oxygens (including phenoxy) is 1. The van der Waals surface area contributed by atoms with Gasteiger partial charge in [0, 0.05) is 45.9 Å². The molecule has 0 spiro atoms. The molecule has 0 saturated carbocycles. The summed E-state index contributed by atoms with van der Waals surface area (Å²) in [5.74, 6) is 0.0784. The van der Waals surface area contributed by atoms with E-state index in [1.807, 2.05) is 25.3 Å². The summed E-state index contributed by atoms with van der Waals surface area (Å²) in [6.07, 6.45) is 1.72. The van der Waals surface area contributed by atoms with E-state index in [1.165, 1.54) is 0 Å². The summed E-state index contributed by atoms with van der Waals surface area (Å²) < 4.78 is 32.8. The van der Waals surface area contributed by atoms with Crippen LogP contribution < -0.4 is 0 Å². The Morgan fingerprint density at radius 2 is 2.00 bits per heavy atom. The summed E-state index contributed by atoms with van der Waals surface area (Å²) >= 11 is 0. The molecule has 1 aliphatic heterocycles. The minimum Gasteiger partial charge on any atom is -0.383 e. The van der Waals surface area contributed by atoms with Gasteiger partial charge in [-0.15, -0.1) is 0 Å². The lowest BCUT2D eigenvalue weighted by Crippen LogP contribution is -2.49. The fraction of sp³-hybridized carbons (Fsp3) is 0.833. The van der Waals surface area contributed by atoms with E-state index in [0.717, 1.165) is 25.3 Å². The van der Waals surface area contributed by atoms with Gasteiger partial charge in [-0.3, -0.25) is 4.90 Å². The number of imidazole rings is 1. The van der Waals surface area contributed by atoms with Gasteiger partial charge in [0.2, 0.25) is 15.0 Å². The van der Waals surface area contributed by atoms with Crippen molar-refractivity contribution in [2.75, 3.05) is 46.2 Å². The maximum absolute atomic E-state index is 12.9. The van der Waals surface area contributed by atoms with E-state index in [1.54, 1.807) is 13.3 Å². The van der Waals surface area contributed by atoms with Crippen molar-refractivity contribution in [1.29, 1.82) is 0 Å². The molecule has 2 heterocycles. The molecule has 150 valence electrons. The highest BCUT2D eigenvalue weighted by atomic mass is 32.2. The zero-order valence-electron chi connectivity index (χ0n) is 17.0. The van der Waals surface area contributed by atoms with Crippen LogP contribution in [-0.2, 0) is 27.7 Å². The Hall–Kier alpha value is -0.960. The van der Waals surface area contributed by atoms with Gasteiger partial charge >= 0.3 is 0 Å². The Balaban J connectivity index is 2.26. The highest BCUT2D eigenvalue weighted by Gasteiger charge is 2.29. The number of nitrogens with zero attached hydrogens (tertiary/aromatic N) is 4. The average Bonchev–Trinajstić information content (AvgIpc) is 2.90. The Morgan fingerprint density at radius 3 is 2.58 bits per heavy atom. The third kappa shape index (κ3) is 5.52. The molecule has 26 heavy (non-hydrogen) atoms. The van der Waals surface area contributed by atoms with Gasteiger partial charge in [0.25, 0.3) is 0 Å². The molecule has 8 heteroatoms. The molecule has 1 saturated heterocycles.